The van der Waals surface area contributed by atoms with Crippen molar-refractivity contribution in [2.24, 2.45) is 0 Å². The van der Waals surface area contributed by atoms with E-state index < -0.39 is 0 Å². The maximum Gasteiger partial charge on any atom is 0.289 e. The van der Waals surface area contributed by atoms with E-state index in [0.717, 1.165) is 17.3 Å². The van der Waals surface area contributed by atoms with E-state index >= 15 is 0 Å². The Morgan fingerprint density at radius 3 is 2.89 bits per heavy atom. The molecule has 4 nitrogen and oxygen atoms in total. The van der Waals surface area contributed by atoms with Gasteiger partial charge in [0.15, 0.2) is 0 Å². The second-order valence-electron chi connectivity index (χ2n) is 3.46. The molecular weight excluding hydrogens is 270 g/mol. The van der Waals surface area contributed by atoms with E-state index in [2.05, 4.69) is 5.32 Å². The van der Waals surface area contributed by atoms with E-state index in [1.54, 1.807) is 12.1 Å². The van der Waals surface area contributed by atoms with Crippen LogP contribution in [-0.4, -0.2) is 28.5 Å². The molecule has 0 aliphatic carbocycles. The lowest BCUT2D eigenvalue weighted by Gasteiger charge is -2.07. The molecule has 1 aromatic carbocycles. The molecule has 0 atom stereocenters. The van der Waals surface area contributed by atoms with Crippen LogP contribution in [0.1, 0.15) is 5.56 Å². The number of hydrogen-bond donors (Lipinski definition) is 2. The fourth-order valence-electron chi connectivity index (χ4n) is 1.45. The number of aliphatic hydroxyl groups is 1. The average Bonchev–Trinajstić information content (AvgIpc) is 2.67. The Bertz CT molecular complexity index is 514. The molecule has 1 aliphatic rings. The number of para-hydroxylation sites is 1. The van der Waals surface area contributed by atoms with Crippen molar-refractivity contribution in [3.63, 3.8) is 0 Å². The minimum atomic E-state index is -0.167. The van der Waals surface area contributed by atoms with E-state index in [-0.39, 0.29) is 18.5 Å². The summed E-state index contributed by atoms with van der Waals surface area (Å²) in [7, 11) is 0. The summed E-state index contributed by atoms with van der Waals surface area (Å²) in [6, 6.07) is 7.39. The molecule has 6 heteroatoms. The number of nitrogens with one attached hydrogen (secondary N) is 1. The topological polar surface area (TPSA) is 58.6 Å². The van der Waals surface area contributed by atoms with E-state index in [4.69, 9.17) is 22.1 Å². The van der Waals surface area contributed by atoms with Crippen LogP contribution in [0.5, 0.6) is 5.75 Å². The van der Waals surface area contributed by atoms with Crippen molar-refractivity contribution in [3.8, 4) is 5.75 Å². The number of carbonyl (C=O) groups is 1. The molecule has 1 saturated heterocycles. The molecule has 0 aromatic heterocycles. The van der Waals surface area contributed by atoms with E-state index in [9.17, 15) is 4.79 Å². The molecule has 0 unspecified atom stereocenters. The maximum atomic E-state index is 11.2. The Balaban J connectivity index is 2.25. The van der Waals surface area contributed by atoms with E-state index in [1.165, 1.54) is 0 Å². The predicted octanol–water partition coefficient (Wildman–Crippen LogP) is 2.18. The summed E-state index contributed by atoms with van der Waals surface area (Å²) in [5, 5.41) is 11.1. The molecule has 1 aliphatic heterocycles. The minimum absolute atomic E-state index is 0.0435. The van der Waals surface area contributed by atoms with Gasteiger partial charge in [-0.25, -0.2) is 0 Å². The van der Waals surface area contributed by atoms with Gasteiger partial charge in [-0.1, -0.05) is 30.4 Å². The fourth-order valence-corrected chi connectivity index (χ4v) is 2.47. The monoisotopic (exact) mass is 281 g/mol. The van der Waals surface area contributed by atoms with Crippen LogP contribution >= 0.6 is 24.0 Å². The van der Waals surface area contributed by atoms with E-state index in [0.29, 0.717) is 15.6 Å². The van der Waals surface area contributed by atoms with Crippen molar-refractivity contribution in [2.75, 3.05) is 13.2 Å². The van der Waals surface area contributed by atoms with Gasteiger partial charge in [0, 0.05) is 5.56 Å². The molecule has 0 spiro atoms. The van der Waals surface area contributed by atoms with Crippen LogP contribution in [0.15, 0.2) is 29.2 Å². The van der Waals surface area contributed by atoms with Gasteiger partial charge in [0.05, 0.1) is 11.5 Å². The highest BCUT2D eigenvalue weighted by Crippen LogP contribution is 2.29. The van der Waals surface area contributed by atoms with Crippen molar-refractivity contribution in [3.05, 3.63) is 34.7 Å². The lowest BCUT2D eigenvalue weighted by atomic mass is 10.2. The van der Waals surface area contributed by atoms with Gasteiger partial charge in [-0.15, -0.1) is 0 Å². The first-order chi connectivity index (χ1) is 8.70. The van der Waals surface area contributed by atoms with Crippen LogP contribution < -0.4 is 10.1 Å². The molecule has 0 bridgehead atoms. The Morgan fingerprint density at radius 1 is 1.44 bits per heavy atom. The summed E-state index contributed by atoms with van der Waals surface area (Å²) in [5.74, 6) is 0.654. The standard InChI is InChI=1S/C12H11NO3S2/c14-5-6-16-9-4-2-1-3-8(9)7-10-11(17)13-12(15)18-10/h1-4,7,14H,5-6H2,(H,13,15,17). The summed E-state index contributed by atoms with van der Waals surface area (Å²) < 4.78 is 5.41. The highest BCUT2D eigenvalue weighted by atomic mass is 32.2. The first-order valence-corrected chi connectivity index (χ1v) is 6.50. The number of aliphatic hydroxyl groups excluding tert-OH is 1. The van der Waals surface area contributed by atoms with Crippen molar-refractivity contribution in [2.45, 2.75) is 0 Å². The van der Waals surface area contributed by atoms with Gasteiger partial charge in [0.1, 0.15) is 17.3 Å². The zero-order valence-corrected chi connectivity index (χ0v) is 11.0. The molecule has 2 N–H and O–H groups in total. The van der Waals surface area contributed by atoms with E-state index in [1.807, 2.05) is 18.2 Å². The molecular formula is C12H11NO3S2. The largest absolute Gasteiger partial charge is 0.491 e. The number of ether oxygens (including phenoxy) is 1. The molecule has 0 saturated carbocycles. The van der Waals surface area contributed by atoms with Crippen molar-refractivity contribution >= 4 is 40.3 Å². The van der Waals surface area contributed by atoms with Crippen LogP contribution in [0.3, 0.4) is 0 Å². The first kappa shape index (κ1) is 13.1. The van der Waals surface area contributed by atoms with Gasteiger partial charge in [0.25, 0.3) is 5.24 Å². The van der Waals surface area contributed by atoms with Crippen molar-refractivity contribution < 1.29 is 14.6 Å². The number of carbonyl (C=O) groups excluding carboxylic acids is 1. The maximum absolute atomic E-state index is 11.2. The average molecular weight is 281 g/mol. The Labute approximate surface area is 114 Å². The Hall–Kier alpha value is -1.37. The summed E-state index contributed by atoms with van der Waals surface area (Å²) in [6.07, 6.45) is 1.80. The summed E-state index contributed by atoms with van der Waals surface area (Å²) in [6.45, 7) is 0.188. The van der Waals surface area contributed by atoms with Gasteiger partial charge in [0.2, 0.25) is 0 Å². The third kappa shape index (κ3) is 3.10. The summed E-state index contributed by atoms with van der Waals surface area (Å²) in [4.78, 5) is 12.3. The number of hydrogen-bond acceptors (Lipinski definition) is 5. The second kappa shape index (κ2) is 5.99. The van der Waals surface area contributed by atoms with Crippen LogP contribution in [-0.2, 0) is 0 Å². The van der Waals surface area contributed by atoms with Gasteiger partial charge in [-0.05, 0) is 23.9 Å². The molecule has 1 amide bonds. The number of thioether (sulfide) groups is 1. The normalized spacial score (nSPS) is 17.1. The molecule has 2 rings (SSSR count). The second-order valence-corrected chi connectivity index (χ2v) is 4.89. The van der Waals surface area contributed by atoms with Gasteiger partial charge in [-0.2, -0.15) is 0 Å². The third-order valence-electron chi connectivity index (χ3n) is 2.20. The lowest BCUT2D eigenvalue weighted by molar-refractivity contribution is 0.201. The van der Waals surface area contributed by atoms with Crippen molar-refractivity contribution in [1.82, 2.24) is 5.32 Å². The zero-order chi connectivity index (χ0) is 13.0. The molecule has 94 valence electrons. The van der Waals surface area contributed by atoms with Crippen LogP contribution in [0.4, 0.5) is 4.79 Å². The summed E-state index contributed by atoms with van der Waals surface area (Å²) >= 11 is 6.11. The molecule has 1 heterocycles. The lowest BCUT2D eigenvalue weighted by Crippen LogP contribution is -2.15. The highest BCUT2D eigenvalue weighted by molar-refractivity contribution is 8.19. The predicted molar refractivity (Wildman–Crippen MR) is 75.7 cm³/mol. The molecule has 18 heavy (non-hydrogen) atoms. The SMILES string of the molecule is O=C1NC(=S)C(=Cc2ccccc2OCCO)S1. The number of benzene rings is 1. The van der Waals surface area contributed by atoms with Gasteiger partial charge >= 0.3 is 0 Å². The van der Waals surface area contributed by atoms with Crippen LogP contribution in [0.25, 0.3) is 6.08 Å². The minimum Gasteiger partial charge on any atom is -0.491 e. The van der Waals surface area contributed by atoms with Crippen LogP contribution in [0.2, 0.25) is 0 Å². The van der Waals surface area contributed by atoms with Crippen molar-refractivity contribution in [1.29, 1.82) is 0 Å². The quantitative estimate of drug-likeness (QED) is 0.654. The smallest absolute Gasteiger partial charge is 0.289 e. The van der Waals surface area contributed by atoms with Gasteiger partial charge < -0.3 is 15.2 Å². The Kier molecular flexibility index (Phi) is 4.35. The number of rotatable bonds is 4. The highest BCUT2D eigenvalue weighted by Gasteiger charge is 2.21. The molecule has 0 radical (unpaired) electrons. The number of thiocarbonyl (C=S) groups is 1. The zero-order valence-electron chi connectivity index (χ0n) is 9.38. The molecule has 1 aromatic rings. The molecule has 1 fully saturated rings. The first-order valence-electron chi connectivity index (χ1n) is 5.28. The third-order valence-corrected chi connectivity index (χ3v) is 3.48. The Morgan fingerprint density at radius 2 is 2.22 bits per heavy atom. The number of amides is 1. The summed E-state index contributed by atoms with van der Waals surface area (Å²) in [5.41, 5.74) is 0.826. The van der Waals surface area contributed by atoms with Gasteiger partial charge in [-0.3, -0.25) is 4.79 Å². The van der Waals surface area contributed by atoms with Crippen LogP contribution in [0, 0.1) is 0 Å². The fraction of sp³-hybridized carbons (Fsp3) is 0.167.